The van der Waals surface area contributed by atoms with E-state index in [1.165, 1.54) is 0 Å². The zero-order valence-corrected chi connectivity index (χ0v) is 14.5. The van der Waals surface area contributed by atoms with Crippen LogP contribution in [-0.4, -0.2) is 50.6 Å². The number of fused-ring (bicyclic) bond motifs is 3. The lowest BCUT2D eigenvalue weighted by Gasteiger charge is -2.12. The molecule has 0 fully saturated rings. The van der Waals surface area contributed by atoms with Crippen molar-refractivity contribution in [1.29, 1.82) is 0 Å². The van der Waals surface area contributed by atoms with Crippen LogP contribution in [0.5, 0.6) is 0 Å². The lowest BCUT2D eigenvalue weighted by molar-refractivity contribution is -0.152. The maximum absolute atomic E-state index is 12.0. The fraction of sp³-hybridized carbons (Fsp3) is 0.312. The van der Waals surface area contributed by atoms with Gasteiger partial charge in [-0.1, -0.05) is 30.0 Å². The summed E-state index contributed by atoms with van der Waals surface area (Å²) in [7, 11) is 0. The molecule has 0 spiro atoms. The molecule has 0 saturated heterocycles. The Morgan fingerprint density at radius 3 is 2.48 bits per heavy atom. The number of carbonyl (C=O) groups excluding carboxylic acids is 2. The van der Waals surface area contributed by atoms with Crippen LogP contribution in [0.4, 0.5) is 0 Å². The van der Waals surface area contributed by atoms with Crippen molar-refractivity contribution >= 4 is 45.8 Å². The van der Waals surface area contributed by atoms with E-state index in [0.29, 0.717) is 11.2 Å². The van der Waals surface area contributed by atoms with Crippen LogP contribution in [0.1, 0.15) is 13.8 Å². The number of benzene rings is 1. The van der Waals surface area contributed by atoms with E-state index >= 15 is 0 Å². The molecular formula is C16H16N4O4S. The number of aromatic nitrogens is 4. The summed E-state index contributed by atoms with van der Waals surface area (Å²) in [6, 6.07) is 7.62. The van der Waals surface area contributed by atoms with E-state index < -0.39 is 17.2 Å². The third kappa shape index (κ3) is 3.55. The first kappa shape index (κ1) is 17.2. The Balaban J connectivity index is 1.92. The van der Waals surface area contributed by atoms with E-state index in [9.17, 15) is 9.59 Å². The second kappa shape index (κ2) is 7.47. The SMILES string of the molecule is CCOC(=O)C(Sc1nnc2c(n1)[nH]c1ccccc12)C(=O)OCC. The van der Waals surface area contributed by atoms with Crippen molar-refractivity contribution in [1.82, 2.24) is 20.2 Å². The summed E-state index contributed by atoms with van der Waals surface area (Å²) in [4.78, 5) is 31.6. The molecule has 3 rings (SSSR count). The molecule has 2 heterocycles. The standard InChI is InChI=1S/C16H16N4O4S/c1-3-23-14(21)12(15(22)24-4-2)25-16-18-13-11(19-20-16)9-7-5-6-8-10(9)17-13/h5-8,12H,3-4H2,1-2H3,(H,17,18,20). The van der Waals surface area contributed by atoms with Crippen LogP contribution in [-0.2, 0) is 19.1 Å². The number of H-pyrrole nitrogens is 1. The fourth-order valence-corrected chi connectivity index (χ4v) is 3.06. The number of carbonyl (C=O) groups is 2. The van der Waals surface area contributed by atoms with E-state index in [1.807, 2.05) is 24.3 Å². The highest BCUT2D eigenvalue weighted by Crippen LogP contribution is 2.26. The summed E-state index contributed by atoms with van der Waals surface area (Å²) in [5, 5.41) is 8.08. The van der Waals surface area contributed by atoms with E-state index in [-0.39, 0.29) is 18.4 Å². The number of hydrogen-bond acceptors (Lipinski definition) is 8. The predicted octanol–water partition coefficient (Wildman–Crippen LogP) is 2.09. The fourth-order valence-electron chi connectivity index (χ4n) is 2.29. The van der Waals surface area contributed by atoms with Gasteiger partial charge in [0.05, 0.1) is 13.2 Å². The van der Waals surface area contributed by atoms with Crippen molar-refractivity contribution in [3.8, 4) is 0 Å². The minimum atomic E-state index is -1.19. The van der Waals surface area contributed by atoms with E-state index in [0.717, 1.165) is 22.7 Å². The first-order chi connectivity index (χ1) is 12.1. The zero-order chi connectivity index (χ0) is 17.8. The Kier molecular flexibility index (Phi) is 5.13. The summed E-state index contributed by atoms with van der Waals surface area (Å²) >= 11 is 0.856. The highest BCUT2D eigenvalue weighted by Gasteiger charge is 2.32. The molecule has 9 heteroatoms. The van der Waals surface area contributed by atoms with Crippen molar-refractivity contribution in [3.63, 3.8) is 0 Å². The number of esters is 2. The summed E-state index contributed by atoms with van der Waals surface area (Å²) in [5.74, 6) is -1.38. The molecule has 1 N–H and O–H groups in total. The molecule has 0 aliphatic carbocycles. The molecule has 0 amide bonds. The summed E-state index contributed by atoms with van der Waals surface area (Å²) in [5.41, 5.74) is 2.04. The topological polar surface area (TPSA) is 107 Å². The molecule has 0 unspecified atom stereocenters. The summed E-state index contributed by atoms with van der Waals surface area (Å²) < 4.78 is 9.87. The molecule has 0 bridgehead atoms. The summed E-state index contributed by atoms with van der Waals surface area (Å²) in [6.45, 7) is 3.66. The molecule has 0 atom stereocenters. The van der Waals surface area contributed by atoms with Gasteiger partial charge in [-0.15, -0.1) is 10.2 Å². The molecular weight excluding hydrogens is 344 g/mol. The number of ether oxygens (including phenoxy) is 2. The van der Waals surface area contributed by atoms with Gasteiger partial charge < -0.3 is 14.5 Å². The monoisotopic (exact) mass is 360 g/mol. The smallest absolute Gasteiger partial charge is 0.331 e. The van der Waals surface area contributed by atoms with Crippen LogP contribution < -0.4 is 0 Å². The minimum Gasteiger partial charge on any atom is -0.465 e. The lowest BCUT2D eigenvalue weighted by atomic mass is 10.2. The number of para-hydroxylation sites is 1. The Labute approximate surface area is 147 Å². The molecule has 3 aromatic rings. The van der Waals surface area contributed by atoms with Crippen LogP contribution in [0, 0.1) is 0 Å². The molecule has 0 aliphatic heterocycles. The number of thioether (sulfide) groups is 1. The highest BCUT2D eigenvalue weighted by molar-refractivity contribution is 8.01. The third-order valence-electron chi connectivity index (χ3n) is 3.33. The number of nitrogens with zero attached hydrogens (tertiary/aromatic N) is 3. The molecule has 1 aromatic carbocycles. The van der Waals surface area contributed by atoms with Gasteiger partial charge in [-0.25, -0.2) is 4.98 Å². The van der Waals surface area contributed by atoms with Gasteiger partial charge in [-0.05, 0) is 19.9 Å². The Hall–Kier alpha value is -2.68. The Morgan fingerprint density at radius 2 is 1.80 bits per heavy atom. The normalized spacial score (nSPS) is 11.2. The van der Waals surface area contributed by atoms with Gasteiger partial charge in [0.25, 0.3) is 0 Å². The average Bonchev–Trinajstić information content (AvgIpc) is 2.97. The zero-order valence-electron chi connectivity index (χ0n) is 13.7. The van der Waals surface area contributed by atoms with E-state index in [4.69, 9.17) is 9.47 Å². The van der Waals surface area contributed by atoms with Crippen molar-refractivity contribution < 1.29 is 19.1 Å². The molecule has 0 aliphatic rings. The predicted molar refractivity (Wildman–Crippen MR) is 92.1 cm³/mol. The van der Waals surface area contributed by atoms with Gasteiger partial charge >= 0.3 is 11.9 Å². The number of aromatic amines is 1. The minimum absolute atomic E-state index is 0.162. The first-order valence-corrected chi connectivity index (χ1v) is 8.63. The highest BCUT2D eigenvalue weighted by atomic mass is 32.2. The first-order valence-electron chi connectivity index (χ1n) is 7.75. The van der Waals surface area contributed by atoms with Gasteiger partial charge in [0.15, 0.2) is 5.65 Å². The molecule has 130 valence electrons. The average molecular weight is 360 g/mol. The largest absolute Gasteiger partial charge is 0.465 e. The van der Waals surface area contributed by atoms with Crippen molar-refractivity contribution in [2.75, 3.05) is 13.2 Å². The van der Waals surface area contributed by atoms with Crippen LogP contribution >= 0.6 is 11.8 Å². The second-order valence-corrected chi connectivity index (χ2v) is 6.04. The number of nitrogens with one attached hydrogen (secondary N) is 1. The van der Waals surface area contributed by atoms with Gasteiger partial charge in [0, 0.05) is 10.9 Å². The van der Waals surface area contributed by atoms with Crippen molar-refractivity contribution in [2.45, 2.75) is 24.3 Å². The molecule has 8 nitrogen and oxygen atoms in total. The van der Waals surface area contributed by atoms with Crippen molar-refractivity contribution in [3.05, 3.63) is 24.3 Å². The van der Waals surface area contributed by atoms with Crippen LogP contribution in [0.3, 0.4) is 0 Å². The second-order valence-electron chi connectivity index (χ2n) is 4.96. The van der Waals surface area contributed by atoms with Crippen molar-refractivity contribution in [2.24, 2.45) is 0 Å². The van der Waals surface area contributed by atoms with Gasteiger partial charge in [-0.3, -0.25) is 9.59 Å². The maximum atomic E-state index is 12.0. The molecule has 25 heavy (non-hydrogen) atoms. The Morgan fingerprint density at radius 1 is 1.12 bits per heavy atom. The van der Waals surface area contributed by atoms with Crippen LogP contribution in [0.15, 0.2) is 29.4 Å². The van der Waals surface area contributed by atoms with Crippen LogP contribution in [0.2, 0.25) is 0 Å². The van der Waals surface area contributed by atoms with Gasteiger partial charge in [0.2, 0.25) is 10.4 Å². The summed E-state index contributed by atoms with van der Waals surface area (Å²) in [6.07, 6.45) is 0. The lowest BCUT2D eigenvalue weighted by Crippen LogP contribution is -2.31. The molecule has 0 radical (unpaired) electrons. The number of rotatable bonds is 6. The van der Waals surface area contributed by atoms with Crippen LogP contribution in [0.25, 0.3) is 22.1 Å². The third-order valence-corrected chi connectivity index (χ3v) is 4.33. The van der Waals surface area contributed by atoms with E-state index in [2.05, 4.69) is 20.2 Å². The number of hydrogen-bond donors (Lipinski definition) is 1. The van der Waals surface area contributed by atoms with Gasteiger partial charge in [-0.2, -0.15) is 0 Å². The molecule has 2 aromatic heterocycles. The van der Waals surface area contributed by atoms with Gasteiger partial charge in [0.1, 0.15) is 5.52 Å². The Bertz CT molecular complexity index is 909. The molecule has 0 saturated carbocycles. The quantitative estimate of drug-likeness (QED) is 0.404. The maximum Gasteiger partial charge on any atom is 0.331 e. The van der Waals surface area contributed by atoms with E-state index in [1.54, 1.807) is 13.8 Å².